The summed E-state index contributed by atoms with van der Waals surface area (Å²) in [5, 5.41) is 2.73. The minimum Gasteiger partial charge on any atom is -0.326 e. The van der Waals surface area contributed by atoms with Gasteiger partial charge in [0.25, 0.3) is 0 Å². The molecule has 0 heterocycles. The predicted molar refractivity (Wildman–Crippen MR) is 97.0 cm³/mol. The first kappa shape index (κ1) is 17.3. The molecule has 0 aliphatic heterocycles. The van der Waals surface area contributed by atoms with E-state index in [2.05, 4.69) is 31.8 Å². The number of carbonyl (C=O) groups excluding carboxylic acids is 2. The Labute approximate surface area is 142 Å². The lowest BCUT2D eigenvalue weighted by atomic mass is 10.0. The molecule has 0 radical (unpaired) electrons. The summed E-state index contributed by atoms with van der Waals surface area (Å²) in [6, 6.07) is 15.4. The molecule has 23 heavy (non-hydrogen) atoms. The van der Waals surface area contributed by atoms with Crippen LogP contribution in [0.3, 0.4) is 0 Å². The zero-order chi connectivity index (χ0) is 16.8. The third-order valence-electron chi connectivity index (χ3n) is 3.60. The molecule has 0 unspecified atom stereocenters. The summed E-state index contributed by atoms with van der Waals surface area (Å²) in [5.74, 6) is 0.419. The highest BCUT2D eigenvalue weighted by Crippen LogP contribution is 2.17. The van der Waals surface area contributed by atoms with Crippen molar-refractivity contribution in [3.8, 4) is 0 Å². The van der Waals surface area contributed by atoms with E-state index in [9.17, 15) is 9.59 Å². The number of anilines is 1. The van der Waals surface area contributed by atoms with Gasteiger partial charge in [0.15, 0.2) is 5.12 Å². The summed E-state index contributed by atoms with van der Waals surface area (Å²) in [6.45, 7) is 4.27. The Morgan fingerprint density at radius 3 is 1.91 bits per heavy atom. The van der Waals surface area contributed by atoms with Crippen LogP contribution in [-0.2, 0) is 22.4 Å². The number of hydrogen-bond acceptors (Lipinski definition) is 2. The number of rotatable bonds is 6. The molecule has 0 aliphatic rings. The maximum atomic E-state index is 12.1. The molecule has 0 bridgehead atoms. The van der Waals surface area contributed by atoms with Gasteiger partial charge in [-0.15, -0.1) is 12.6 Å². The van der Waals surface area contributed by atoms with Crippen LogP contribution in [0.4, 0.5) is 5.69 Å². The highest BCUT2D eigenvalue weighted by molar-refractivity contribution is 7.96. The van der Waals surface area contributed by atoms with Crippen molar-refractivity contribution < 1.29 is 9.59 Å². The summed E-state index contributed by atoms with van der Waals surface area (Å²) >= 11 is 3.76. The van der Waals surface area contributed by atoms with Gasteiger partial charge >= 0.3 is 0 Å². The van der Waals surface area contributed by atoms with Crippen LogP contribution >= 0.6 is 12.6 Å². The second-order valence-electron chi connectivity index (χ2n) is 5.89. The lowest BCUT2D eigenvalue weighted by Crippen LogP contribution is -2.14. The minimum absolute atomic E-state index is 0.0553. The molecular weight excluding hydrogens is 306 g/mol. The summed E-state index contributed by atoms with van der Waals surface area (Å²) in [4.78, 5) is 23.0. The third-order valence-corrected chi connectivity index (χ3v) is 3.76. The first-order chi connectivity index (χ1) is 10.9. The Morgan fingerprint density at radius 1 is 0.913 bits per heavy atom. The van der Waals surface area contributed by atoms with E-state index >= 15 is 0 Å². The van der Waals surface area contributed by atoms with Crippen molar-refractivity contribution in [3.05, 3.63) is 65.2 Å². The fourth-order valence-corrected chi connectivity index (χ4v) is 2.47. The predicted octanol–water partition coefficient (Wildman–Crippen LogP) is 3.99. The van der Waals surface area contributed by atoms with Gasteiger partial charge in [-0.25, -0.2) is 0 Å². The minimum atomic E-state index is -0.166. The van der Waals surface area contributed by atoms with Crippen molar-refractivity contribution in [1.82, 2.24) is 0 Å². The fourth-order valence-electron chi connectivity index (χ4n) is 2.29. The first-order valence-corrected chi connectivity index (χ1v) is 8.08. The Bertz CT molecular complexity index is 676. The maximum Gasteiger partial charge on any atom is 0.228 e. The second-order valence-corrected chi connectivity index (χ2v) is 6.39. The molecule has 2 aromatic carbocycles. The Kier molecular flexibility index (Phi) is 5.99. The molecular formula is C19H21NO2S. The van der Waals surface area contributed by atoms with Crippen LogP contribution in [-0.4, -0.2) is 11.0 Å². The van der Waals surface area contributed by atoms with Crippen molar-refractivity contribution in [1.29, 1.82) is 0 Å². The molecule has 0 aromatic heterocycles. The van der Waals surface area contributed by atoms with Crippen molar-refractivity contribution in [3.63, 3.8) is 0 Å². The van der Waals surface area contributed by atoms with Crippen LogP contribution < -0.4 is 5.32 Å². The molecule has 0 saturated carbocycles. The van der Waals surface area contributed by atoms with Crippen LogP contribution in [0.5, 0.6) is 0 Å². The van der Waals surface area contributed by atoms with Gasteiger partial charge < -0.3 is 5.32 Å². The normalized spacial score (nSPS) is 10.6. The Balaban J connectivity index is 1.92. The van der Waals surface area contributed by atoms with Gasteiger partial charge in [0, 0.05) is 12.1 Å². The maximum absolute atomic E-state index is 12.1. The standard InChI is InChI=1S/C19H21NO2S/c1-13(2)16-7-9-17(10-8-16)20-18(21)11-14-3-5-15(6-4-14)12-19(22)23/h3-10,13H,11-12H2,1-2H3,(H,20,21)(H,22,23). The van der Waals surface area contributed by atoms with Gasteiger partial charge in [-0.05, 0) is 34.7 Å². The van der Waals surface area contributed by atoms with E-state index in [4.69, 9.17) is 0 Å². The molecule has 4 heteroatoms. The van der Waals surface area contributed by atoms with Crippen LogP contribution in [0.2, 0.25) is 0 Å². The molecule has 0 saturated heterocycles. The molecule has 0 spiro atoms. The topological polar surface area (TPSA) is 46.2 Å². The molecule has 2 rings (SSSR count). The molecule has 2 aromatic rings. The van der Waals surface area contributed by atoms with Crippen LogP contribution in [0, 0.1) is 0 Å². The highest BCUT2D eigenvalue weighted by atomic mass is 32.1. The molecule has 0 fully saturated rings. The molecule has 1 amide bonds. The van der Waals surface area contributed by atoms with Crippen LogP contribution in [0.15, 0.2) is 48.5 Å². The Hall–Kier alpha value is -2.07. The van der Waals surface area contributed by atoms with Crippen molar-refractivity contribution >= 4 is 29.3 Å². The van der Waals surface area contributed by atoms with Gasteiger partial charge in [0.05, 0.1) is 6.42 Å². The first-order valence-electron chi connectivity index (χ1n) is 7.63. The van der Waals surface area contributed by atoms with E-state index in [0.717, 1.165) is 16.8 Å². The number of hydrogen-bond donors (Lipinski definition) is 2. The summed E-state index contributed by atoms with van der Waals surface area (Å²) < 4.78 is 0. The number of nitrogens with one attached hydrogen (secondary N) is 1. The monoisotopic (exact) mass is 327 g/mol. The molecule has 0 aliphatic carbocycles. The van der Waals surface area contributed by atoms with Gasteiger partial charge in [-0.2, -0.15) is 0 Å². The molecule has 120 valence electrons. The lowest BCUT2D eigenvalue weighted by molar-refractivity contribution is -0.115. The molecule has 1 N–H and O–H groups in total. The summed E-state index contributed by atoms with van der Waals surface area (Å²) in [5.41, 5.74) is 3.86. The molecule has 0 atom stereocenters. The van der Waals surface area contributed by atoms with Gasteiger partial charge in [0.1, 0.15) is 0 Å². The number of benzene rings is 2. The van der Waals surface area contributed by atoms with E-state index in [1.54, 1.807) is 0 Å². The van der Waals surface area contributed by atoms with Gasteiger partial charge in [-0.1, -0.05) is 50.2 Å². The average molecular weight is 327 g/mol. The zero-order valence-electron chi connectivity index (χ0n) is 13.4. The van der Waals surface area contributed by atoms with E-state index in [-0.39, 0.29) is 11.0 Å². The van der Waals surface area contributed by atoms with E-state index in [0.29, 0.717) is 18.8 Å². The lowest BCUT2D eigenvalue weighted by Gasteiger charge is -2.09. The molecule has 3 nitrogen and oxygen atoms in total. The second kappa shape index (κ2) is 7.97. The summed E-state index contributed by atoms with van der Waals surface area (Å²) in [6.07, 6.45) is 0.610. The van der Waals surface area contributed by atoms with Crippen LogP contribution in [0.25, 0.3) is 0 Å². The fraction of sp³-hybridized carbons (Fsp3) is 0.263. The van der Waals surface area contributed by atoms with E-state index < -0.39 is 0 Å². The number of thiol groups is 1. The third kappa shape index (κ3) is 5.57. The summed E-state index contributed by atoms with van der Waals surface area (Å²) in [7, 11) is 0. The zero-order valence-corrected chi connectivity index (χ0v) is 14.3. The number of amides is 1. The number of carbonyl (C=O) groups is 2. The van der Waals surface area contributed by atoms with Gasteiger partial charge in [-0.3, -0.25) is 9.59 Å². The average Bonchev–Trinajstić information content (AvgIpc) is 2.49. The SMILES string of the molecule is CC(C)c1ccc(NC(=O)Cc2ccc(CC(=O)S)cc2)cc1. The van der Waals surface area contributed by atoms with Crippen molar-refractivity contribution in [2.75, 3.05) is 5.32 Å². The van der Waals surface area contributed by atoms with E-state index in [1.165, 1.54) is 5.56 Å². The van der Waals surface area contributed by atoms with Crippen LogP contribution in [0.1, 0.15) is 36.5 Å². The van der Waals surface area contributed by atoms with E-state index in [1.807, 2.05) is 48.5 Å². The Morgan fingerprint density at radius 2 is 1.43 bits per heavy atom. The van der Waals surface area contributed by atoms with Crippen molar-refractivity contribution in [2.45, 2.75) is 32.6 Å². The smallest absolute Gasteiger partial charge is 0.228 e. The van der Waals surface area contributed by atoms with Gasteiger partial charge in [0.2, 0.25) is 5.91 Å². The largest absolute Gasteiger partial charge is 0.326 e. The quantitative estimate of drug-likeness (QED) is 0.788. The van der Waals surface area contributed by atoms with Crippen molar-refractivity contribution in [2.24, 2.45) is 0 Å². The highest BCUT2D eigenvalue weighted by Gasteiger charge is 2.06.